The second-order valence-corrected chi connectivity index (χ2v) is 4.06. The van der Waals surface area contributed by atoms with Gasteiger partial charge in [-0.15, -0.1) is 13.2 Å². The zero-order chi connectivity index (χ0) is 14.0. The van der Waals surface area contributed by atoms with Crippen LogP contribution in [0.4, 0.5) is 0 Å². The highest BCUT2D eigenvalue weighted by molar-refractivity contribution is 5.91. The molecule has 18 heavy (non-hydrogen) atoms. The van der Waals surface area contributed by atoms with E-state index in [2.05, 4.69) is 25.3 Å². The van der Waals surface area contributed by atoms with Crippen LogP contribution in [0.1, 0.15) is 33.6 Å². The Kier molecular flexibility index (Phi) is 9.52. The van der Waals surface area contributed by atoms with Crippen LogP contribution in [0, 0.1) is 11.8 Å². The summed E-state index contributed by atoms with van der Waals surface area (Å²) in [5, 5.41) is 0. The van der Waals surface area contributed by atoms with Crippen LogP contribution in [0.25, 0.3) is 0 Å². The molecule has 2 unspecified atom stereocenters. The highest BCUT2D eigenvalue weighted by Gasteiger charge is 2.35. The first-order valence-corrected chi connectivity index (χ1v) is 6.64. The van der Waals surface area contributed by atoms with Crippen molar-refractivity contribution in [3.05, 3.63) is 25.3 Å². The average molecular weight is 254 g/mol. The number of ketones is 1. The number of hydrogen-bond donors (Lipinski definition) is 0. The van der Waals surface area contributed by atoms with Gasteiger partial charge in [0.25, 0.3) is 0 Å². The molecule has 2 atom stereocenters. The second kappa shape index (κ2) is 10.0. The van der Waals surface area contributed by atoms with Gasteiger partial charge in [-0.3, -0.25) is 4.79 Å². The molecule has 3 heteroatoms. The highest BCUT2D eigenvalue weighted by atomic mass is 16.7. The molecule has 0 aliphatic heterocycles. The van der Waals surface area contributed by atoms with Crippen molar-refractivity contribution in [1.29, 1.82) is 0 Å². The van der Waals surface area contributed by atoms with Gasteiger partial charge in [0.15, 0.2) is 6.29 Å². The van der Waals surface area contributed by atoms with Crippen LogP contribution < -0.4 is 0 Å². The molecule has 0 radical (unpaired) electrons. The number of carbonyl (C=O) groups excluding carboxylic acids is 1. The first-order chi connectivity index (χ1) is 8.69. The molecular formula is C15H26O3. The zero-order valence-corrected chi connectivity index (χ0v) is 11.9. The minimum absolute atomic E-state index is 0.0370. The minimum Gasteiger partial charge on any atom is -0.353 e. The largest absolute Gasteiger partial charge is 0.353 e. The summed E-state index contributed by atoms with van der Waals surface area (Å²) in [7, 11) is 0. The molecule has 2 rings (SSSR count). The maximum absolute atomic E-state index is 10.9. The lowest BCUT2D eigenvalue weighted by Gasteiger charge is -2.09. The van der Waals surface area contributed by atoms with Crippen molar-refractivity contribution >= 4 is 5.78 Å². The van der Waals surface area contributed by atoms with Crippen molar-refractivity contribution in [3.8, 4) is 0 Å². The third-order valence-electron chi connectivity index (χ3n) is 2.90. The lowest BCUT2D eigenvalue weighted by atomic mass is 10.1. The fraction of sp³-hybridized carbons (Fsp3) is 0.667. The van der Waals surface area contributed by atoms with Crippen molar-refractivity contribution in [2.24, 2.45) is 11.8 Å². The standard InChI is InChI=1S/C7H8O.C6H14O2.C2H4/c8-7-5-1-2-6(7)4-3-5;1-4-7-6(3)8-5-2;1-2/h1-2,5-6H,3-4H2;6H,4-5H2,1-3H3;1-2H2. The molecule has 0 aromatic carbocycles. The molecule has 0 heterocycles. The van der Waals surface area contributed by atoms with Crippen molar-refractivity contribution < 1.29 is 14.3 Å². The van der Waals surface area contributed by atoms with E-state index in [0.717, 1.165) is 26.1 Å². The summed E-state index contributed by atoms with van der Waals surface area (Å²) < 4.78 is 10.1. The molecule has 2 bridgehead atoms. The number of ether oxygens (including phenoxy) is 2. The first kappa shape index (κ1) is 17.1. The predicted molar refractivity (Wildman–Crippen MR) is 74.3 cm³/mol. The second-order valence-electron chi connectivity index (χ2n) is 4.06. The van der Waals surface area contributed by atoms with Gasteiger partial charge in [0.2, 0.25) is 0 Å². The molecule has 0 saturated heterocycles. The van der Waals surface area contributed by atoms with E-state index in [1.54, 1.807) is 0 Å². The van der Waals surface area contributed by atoms with E-state index < -0.39 is 0 Å². The minimum atomic E-state index is -0.0370. The fourth-order valence-electron chi connectivity index (χ4n) is 2.09. The lowest BCUT2D eigenvalue weighted by molar-refractivity contribution is -0.123. The molecule has 0 amide bonds. The summed E-state index contributed by atoms with van der Waals surface area (Å²) in [4.78, 5) is 10.9. The van der Waals surface area contributed by atoms with E-state index in [1.807, 2.05) is 20.8 Å². The SMILES string of the molecule is C=C.CCOC(C)OCC.O=C1C2C=CC1CC2. The molecule has 1 saturated carbocycles. The molecule has 2 aliphatic rings. The molecule has 3 nitrogen and oxygen atoms in total. The Morgan fingerprint density at radius 2 is 1.56 bits per heavy atom. The van der Waals surface area contributed by atoms with Gasteiger partial charge in [-0.25, -0.2) is 0 Å². The highest BCUT2D eigenvalue weighted by Crippen LogP contribution is 2.34. The normalized spacial score (nSPS) is 23.4. The topological polar surface area (TPSA) is 35.5 Å². The molecular weight excluding hydrogens is 228 g/mol. The van der Waals surface area contributed by atoms with Gasteiger partial charge < -0.3 is 9.47 Å². The Morgan fingerprint density at radius 3 is 1.72 bits per heavy atom. The van der Waals surface area contributed by atoms with Crippen LogP contribution in [0.3, 0.4) is 0 Å². The van der Waals surface area contributed by atoms with Gasteiger partial charge in [0, 0.05) is 25.0 Å². The molecule has 0 aromatic heterocycles. The fourth-order valence-corrected chi connectivity index (χ4v) is 2.09. The molecule has 0 spiro atoms. The van der Waals surface area contributed by atoms with E-state index >= 15 is 0 Å². The van der Waals surface area contributed by atoms with Crippen LogP contribution in [0.2, 0.25) is 0 Å². The number of fused-ring (bicyclic) bond motifs is 2. The summed E-state index contributed by atoms with van der Waals surface area (Å²) in [5.41, 5.74) is 0. The van der Waals surface area contributed by atoms with E-state index in [4.69, 9.17) is 9.47 Å². The molecule has 0 N–H and O–H groups in total. The maximum Gasteiger partial charge on any atom is 0.154 e. The predicted octanol–water partition coefficient (Wildman–Crippen LogP) is 3.36. The maximum atomic E-state index is 10.9. The number of hydrogen-bond acceptors (Lipinski definition) is 3. The number of rotatable bonds is 4. The van der Waals surface area contributed by atoms with Crippen molar-refractivity contribution in [2.45, 2.75) is 39.9 Å². The Bertz CT molecular complexity index is 238. The van der Waals surface area contributed by atoms with Gasteiger partial charge in [0.05, 0.1) is 0 Å². The monoisotopic (exact) mass is 254 g/mol. The quantitative estimate of drug-likeness (QED) is 0.570. The van der Waals surface area contributed by atoms with Crippen molar-refractivity contribution in [3.63, 3.8) is 0 Å². The van der Waals surface area contributed by atoms with Gasteiger partial charge in [0.1, 0.15) is 5.78 Å². The van der Waals surface area contributed by atoms with E-state index in [1.165, 1.54) is 0 Å². The van der Waals surface area contributed by atoms with E-state index in [-0.39, 0.29) is 6.29 Å². The number of carbonyl (C=O) groups is 1. The van der Waals surface area contributed by atoms with E-state index in [0.29, 0.717) is 17.6 Å². The third-order valence-corrected chi connectivity index (χ3v) is 2.90. The van der Waals surface area contributed by atoms with Gasteiger partial charge in [-0.1, -0.05) is 12.2 Å². The summed E-state index contributed by atoms with van der Waals surface area (Å²) in [6.07, 6.45) is 6.29. The van der Waals surface area contributed by atoms with Gasteiger partial charge in [-0.2, -0.15) is 0 Å². The van der Waals surface area contributed by atoms with Crippen molar-refractivity contribution in [2.75, 3.05) is 13.2 Å². The van der Waals surface area contributed by atoms with Crippen LogP contribution in [0.5, 0.6) is 0 Å². The van der Waals surface area contributed by atoms with E-state index in [9.17, 15) is 4.79 Å². The summed E-state index contributed by atoms with van der Waals surface area (Å²) in [5.74, 6) is 1.10. The Labute approximate surface area is 111 Å². The Morgan fingerprint density at radius 1 is 1.17 bits per heavy atom. The smallest absolute Gasteiger partial charge is 0.154 e. The summed E-state index contributed by atoms with van der Waals surface area (Å²) in [6, 6.07) is 0. The summed E-state index contributed by atoms with van der Waals surface area (Å²) in [6.45, 7) is 13.3. The summed E-state index contributed by atoms with van der Waals surface area (Å²) >= 11 is 0. The van der Waals surface area contributed by atoms with Crippen LogP contribution in [-0.4, -0.2) is 25.3 Å². The third kappa shape index (κ3) is 5.61. The molecule has 104 valence electrons. The van der Waals surface area contributed by atoms with Gasteiger partial charge >= 0.3 is 0 Å². The molecule has 2 aliphatic carbocycles. The number of allylic oxidation sites excluding steroid dienone is 2. The Hall–Kier alpha value is -0.930. The van der Waals surface area contributed by atoms with Crippen LogP contribution >= 0.6 is 0 Å². The van der Waals surface area contributed by atoms with Crippen LogP contribution in [0.15, 0.2) is 25.3 Å². The number of Topliss-reactive ketones (excluding diaryl/α,β-unsaturated/α-hetero) is 1. The van der Waals surface area contributed by atoms with Crippen LogP contribution in [-0.2, 0) is 14.3 Å². The molecule has 0 aromatic rings. The average Bonchev–Trinajstić information content (AvgIpc) is 2.92. The van der Waals surface area contributed by atoms with Crippen molar-refractivity contribution in [1.82, 2.24) is 0 Å². The van der Waals surface area contributed by atoms with Gasteiger partial charge in [-0.05, 0) is 33.6 Å². The first-order valence-electron chi connectivity index (χ1n) is 6.64. The zero-order valence-electron chi connectivity index (χ0n) is 11.9. The molecule has 1 fully saturated rings. The Balaban J connectivity index is 0.000000283. The lowest BCUT2D eigenvalue weighted by Crippen LogP contribution is -2.11.